The molecule has 0 heterocycles. The molecule has 1 aromatic carbocycles. The highest BCUT2D eigenvalue weighted by atomic mass is 16.6. The number of nitro groups is 1. The Labute approximate surface area is 93.4 Å². The van der Waals surface area contributed by atoms with Gasteiger partial charge in [0.1, 0.15) is 5.75 Å². The first-order chi connectivity index (χ1) is 7.69. The standard InChI is InChI=1S/C11H13NO4/c1-3-6-16-8-9-7-10(12(13)14)4-5-11(9)15-2/h3-5,7H,1,6,8H2,2H3. The summed E-state index contributed by atoms with van der Waals surface area (Å²) in [7, 11) is 1.51. The highest BCUT2D eigenvalue weighted by molar-refractivity contribution is 5.43. The smallest absolute Gasteiger partial charge is 0.270 e. The van der Waals surface area contributed by atoms with Crippen molar-refractivity contribution in [3.63, 3.8) is 0 Å². The fraction of sp³-hybridized carbons (Fsp3) is 0.273. The number of hydrogen-bond donors (Lipinski definition) is 0. The van der Waals surface area contributed by atoms with E-state index in [0.717, 1.165) is 0 Å². The maximum atomic E-state index is 10.6. The molecule has 0 aliphatic carbocycles. The van der Waals surface area contributed by atoms with E-state index in [2.05, 4.69) is 6.58 Å². The Hall–Kier alpha value is -1.88. The molecule has 0 aliphatic rings. The zero-order chi connectivity index (χ0) is 12.0. The highest BCUT2D eigenvalue weighted by Gasteiger charge is 2.10. The maximum Gasteiger partial charge on any atom is 0.270 e. The Morgan fingerprint density at radius 3 is 2.88 bits per heavy atom. The Balaban J connectivity index is 2.88. The molecule has 0 saturated carbocycles. The quantitative estimate of drug-likeness (QED) is 0.321. The van der Waals surface area contributed by atoms with Crippen molar-refractivity contribution in [2.45, 2.75) is 6.61 Å². The molecule has 5 heteroatoms. The van der Waals surface area contributed by atoms with Gasteiger partial charge in [-0.05, 0) is 6.07 Å². The lowest BCUT2D eigenvalue weighted by Crippen LogP contribution is -1.98. The number of non-ortho nitro benzene ring substituents is 1. The van der Waals surface area contributed by atoms with E-state index in [1.807, 2.05) is 0 Å². The molecule has 0 atom stereocenters. The van der Waals surface area contributed by atoms with Crippen LogP contribution >= 0.6 is 0 Å². The summed E-state index contributed by atoms with van der Waals surface area (Å²) in [5, 5.41) is 10.6. The second-order valence-electron chi connectivity index (χ2n) is 3.06. The zero-order valence-electron chi connectivity index (χ0n) is 9.01. The fourth-order valence-electron chi connectivity index (χ4n) is 1.24. The van der Waals surface area contributed by atoms with Crippen LogP contribution in [-0.4, -0.2) is 18.6 Å². The Kier molecular flexibility index (Phi) is 4.47. The summed E-state index contributed by atoms with van der Waals surface area (Å²) in [5.74, 6) is 0.578. The van der Waals surface area contributed by atoms with E-state index in [1.165, 1.54) is 19.2 Å². The normalized spacial score (nSPS) is 9.81. The van der Waals surface area contributed by atoms with Crippen LogP contribution < -0.4 is 4.74 Å². The molecule has 0 fully saturated rings. The van der Waals surface area contributed by atoms with E-state index in [1.54, 1.807) is 12.1 Å². The van der Waals surface area contributed by atoms with Crippen LogP contribution in [0, 0.1) is 10.1 Å². The number of benzene rings is 1. The average Bonchev–Trinajstić information content (AvgIpc) is 2.29. The summed E-state index contributed by atoms with van der Waals surface area (Å²) in [6.45, 7) is 4.17. The molecule has 0 saturated heterocycles. The molecule has 86 valence electrons. The second-order valence-corrected chi connectivity index (χ2v) is 3.06. The van der Waals surface area contributed by atoms with Gasteiger partial charge in [-0.15, -0.1) is 6.58 Å². The van der Waals surface area contributed by atoms with Crippen LogP contribution in [0.3, 0.4) is 0 Å². The number of hydrogen-bond acceptors (Lipinski definition) is 4. The third-order valence-corrected chi connectivity index (χ3v) is 1.97. The molecule has 5 nitrogen and oxygen atoms in total. The van der Waals surface area contributed by atoms with Gasteiger partial charge in [-0.2, -0.15) is 0 Å². The van der Waals surface area contributed by atoms with Crippen LogP contribution in [0.5, 0.6) is 5.75 Å². The van der Waals surface area contributed by atoms with Crippen LogP contribution in [0.4, 0.5) is 5.69 Å². The fourth-order valence-corrected chi connectivity index (χ4v) is 1.24. The first-order valence-electron chi connectivity index (χ1n) is 4.69. The highest BCUT2D eigenvalue weighted by Crippen LogP contribution is 2.24. The van der Waals surface area contributed by atoms with Gasteiger partial charge in [0.05, 0.1) is 25.2 Å². The minimum Gasteiger partial charge on any atom is -0.496 e. The molecule has 0 radical (unpaired) electrons. The van der Waals surface area contributed by atoms with Crippen LogP contribution in [0.25, 0.3) is 0 Å². The molecular weight excluding hydrogens is 210 g/mol. The Bertz CT molecular complexity index is 390. The van der Waals surface area contributed by atoms with Gasteiger partial charge in [-0.25, -0.2) is 0 Å². The third kappa shape index (κ3) is 3.06. The van der Waals surface area contributed by atoms with Crippen molar-refractivity contribution in [1.29, 1.82) is 0 Å². The summed E-state index contributed by atoms with van der Waals surface area (Å²) >= 11 is 0. The van der Waals surface area contributed by atoms with Crippen molar-refractivity contribution >= 4 is 5.69 Å². The predicted octanol–water partition coefficient (Wildman–Crippen LogP) is 2.31. The van der Waals surface area contributed by atoms with Crippen molar-refractivity contribution < 1.29 is 14.4 Å². The summed E-state index contributed by atoms with van der Waals surface area (Å²) in [4.78, 5) is 10.1. The Morgan fingerprint density at radius 1 is 1.56 bits per heavy atom. The van der Waals surface area contributed by atoms with Crippen molar-refractivity contribution in [2.24, 2.45) is 0 Å². The second kappa shape index (κ2) is 5.87. The molecule has 0 bridgehead atoms. The van der Waals surface area contributed by atoms with E-state index < -0.39 is 4.92 Å². The lowest BCUT2D eigenvalue weighted by atomic mass is 10.2. The van der Waals surface area contributed by atoms with Crippen LogP contribution in [0.1, 0.15) is 5.56 Å². The molecule has 0 amide bonds. The summed E-state index contributed by atoms with van der Waals surface area (Å²) < 4.78 is 10.3. The van der Waals surface area contributed by atoms with Crippen molar-refractivity contribution in [1.82, 2.24) is 0 Å². The molecule has 1 aromatic rings. The van der Waals surface area contributed by atoms with Gasteiger partial charge in [0.15, 0.2) is 0 Å². The lowest BCUT2D eigenvalue weighted by molar-refractivity contribution is -0.385. The predicted molar refractivity (Wildman–Crippen MR) is 59.5 cm³/mol. The van der Waals surface area contributed by atoms with E-state index in [9.17, 15) is 10.1 Å². The third-order valence-electron chi connectivity index (χ3n) is 1.97. The van der Waals surface area contributed by atoms with Gasteiger partial charge in [0.25, 0.3) is 5.69 Å². The summed E-state index contributed by atoms with van der Waals surface area (Å²) in [6, 6.07) is 4.41. The van der Waals surface area contributed by atoms with Crippen molar-refractivity contribution in [3.8, 4) is 5.75 Å². The SMILES string of the molecule is C=CCOCc1cc([N+](=O)[O-])ccc1OC. The molecule has 0 N–H and O–H groups in total. The first-order valence-corrected chi connectivity index (χ1v) is 4.69. The Morgan fingerprint density at radius 2 is 2.31 bits per heavy atom. The van der Waals surface area contributed by atoms with E-state index >= 15 is 0 Å². The van der Waals surface area contributed by atoms with E-state index in [-0.39, 0.29) is 12.3 Å². The monoisotopic (exact) mass is 223 g/mol. The van der Waals surface area contributed by atoms with Gasteiger partial charge < -0.3 is 9.47 Å². The molecule has 0 aliphatic heterocycles. The van der Waals surface area contributed by atoms with E-state index in [4.69, 9.17) is 9.47 Å². The number of nitro benzene ring substituents is 1. The van der Waals surface area contributed by atoms with Crippen LogP contribution in [0.15, 0.2) is 30.9 Å². The summed E-state index contributed by atoms with van der Waals surface area (Å²) in [5.41, 5.74) is 0.677. The number of rotatable bonds is 6. The molecule has 16 heavy (non-hydrogen) atoms. The molecular formula is C11H13NO4. The first kappa shape index (κ1) is 12.2. The minimum atomic E-state index is -0.448. The summed E-state index contributed by atoms with van der Waals surface area (Å²) in [6.07, 6.45) is 1.61. The van der Waals surface area contributed by atoms with Gasteiger partial charge in [-0.3, -0.25) is 10.1 Å². The number of methoxy groups -OCH3 is 1. The molecule has 0 aromatic heterocycles. The average molecular weight is 223 g/mol. The van der Waals surface area contributed by atoms with Gasteiger partial charge in [0, 0.05) is 17.7 Å². The maximum absolute atomic E-state index is 10.6. The largest absolute Gasteiger partial charge is 0.496 e. The molecule has 0 unspecified atom stereocenters. The zero-order valence-corrected chi connectivity index (χ0v) is 9.01. The topological polar surface area (TPSA) is 61.6 Å². The lowest BCUT2D eigenvalue weighted by Gasteiger charge is -2.07. The van der Waals surface area contributed by atoms with Crippen molar-refractivity contribution in [2.75, 3.05) is 13.7 Å². The number of nitrogens with zero attached hydrogens (tertiary/aromatic N) is 1. The van der Waals surface area contributed by atoms with Crippen LogP contribution in [0.2, 0.25) is 0 Å². The van der Waals surface area contributed by atoms with Gasteiger partial charge >= 0.3 is 0 Å². The van der Waals surface area contributed by atoms with Crippen LogP contribution in [-0.2, 0) is 11.3 Å². The number of ether oxygens (including phenoxy) is 2. The van der Waals surface area contributed by atoms with Crippen molar-refractivity contribution in [3.05, 3.63) is 46.5 Å². The minimum absolute atomic E-state index is 0.0259. The van der Waals surface area contributed by atoms with E-state index in [0.29, 0.717) is 17.9 Å². The van der Waals surface area contributed by atoms with Gasteiger partial charge in [0.2, 0.25) is 0 Å². The van der Waals surface area contributed by atoms with Gasteiger partial charge in [-0.1, -0.05) is 6.08 Å². The molecule has 1 rings (SSSR count). The molecule has 0 spiro atoms.